The number of halogens is 2. The summed E-state index contributed by atoms with van der Waals surface area (Å²) in [6, 6.07) is 0. The minimum atomic E-state index is -4.65. The van der Waals surface area contributed by atoms with Crippen molar-refractivity contribution in [1.29, 1.82) is 0 Å². The van der Waals surface area contributed by atoms with Crippen LogP contribution < -0.4 is 21.3 Å². The second-order valence-corrected chi connectivity index (χ2v) is 12.2. The van der Waals surface area contributed by atoms with Crippen molar-refractivity contribution in [3.63, 3.8) is 0 Å². The Hall–Kier alpha value is -3.07. The first-order chi connectivity index (χ1) is 20.4. The molecule has 3 aromatic rings. The number of nitrogens with zero attached hydrogens (tertiary/aromatic N) is 6. The van der Waals surface area contributed by atoms with Crippen LogP contribution in [0.15, 0.2) is 4.90 Å². The molecule has 0 bridgehead atoms. The smallest absolute Gasteiger partial charge is 0.295 e. The Labute approximate surface area is 263 Å². The molecule has 0 fully saturated rings. The van der Waals surface area contributed by atoms with Gasteiger partial charge in [-0.25, -0.2) is 0 Å². The van der Waals surface area contributed by atoms with Gasteiger partial charge in [0.25, 0.3) is 10.1 Å². The molecule has 16 heteroatoms. The van der Waals surface area contributed by atoms with E-state index in [2.05, 4.69) is 65.0 Å². The van der Waals surface area contributed by atoms with E-state index in [1.165, 1.54) is 0 Å². The monoisotopic (exact) mass is 654 g/mol. The number of unbranched alkanes of at least 4 members (excludes halogenated alkanes) is 6. The fourth-order valence-corrected chi connectivity index (χ4v) is 5.95. The Bertz CT molecular complexity index is 1420. The number of rotatable bonds is 17. The Morgan fingerprint density at radius 3 is 1.37 bits per heavy atom. The Morgan fingerprint density at radius 2 is 1.00 bits per heavy atom. The normalized spacial score (nSPS) is 11.4. The zero-order chi connectivity index (χ0) is 31.6. The Kier molecular flexibility index (Phi) is 12.9. The van der Waals surface area contributed by atoms with E-state index in [1.807, 2.05) is 0 Å². The van der Waals surface area contributed by atoms with Crippen molar-refractivity contribution >= 4 is 68.5 Å². The molecule has 0 saturated carbocycles. The number of hydrogen-bond acceptors (Lipinski definition) is 12. The van der Waals surface area contributed by atoms with E-state index >= 15 is 0 Å². The fourth-order valence-electron chi connectivity index (χ4n) is 4.66. The maximum absolute atomic E-state index is 12.6. The summed E-state index contributed by atoms with van der Waals surface area (Å²) >= 11 is 12.4. The number of nitrogens with one attached hydrogen (secondary N) is 4. The number of hydrogen-bond donors (Lipinski definition) is 5. The van der Waals surface area contributed by atoms with Crippen LogP contribution in [0.1, 0.15) is 81.9 Å². The van der Waals surface area contributed by atoms with E-state index in [4.69, 9.17) is 23.2 Å². The third-order valence-corrected chi connectivity index (χ3v) is 8.22. The van der Waals surface area contributed by atoms with E-state index < -0.39 is 10.1 Å². The topological polar surface area (TPSA) is 180 Å². The molecule has 0 aliphatic carbocycles. The second kappa shape index (κ2) is 16.1. The van der Waals surface area contributed by atoms with Crippen molar-refractivity contribution in [3.8, 4) is 0 Å². The molecule has 0 aliphatic rings. The molecule has 0 saturated heterocycles. The van der Waals surface area contributed by atoms with Gasteiger partial charge >= 0.3 is 0 Å². The van der Waals surface area contributed by atoms with E-state index in [0.717, 1.165) is 51.4 Å². The third kappa shape index (κ3) is 9.98. The maximum Gasteiger partial charge on any atom is 0.295 e. The molecule has 0 aliphatic heterocycles. The van der Waals surface area contributed by atoms with E-state index in [-0.39, 0.29) is 50.4 Å². The van der Waals surface area contributed by atoms with E-state index in [1.54, 1.807) is 20.8 Å². The third-order valence-electron chi connectivity index (χ3n) is 6.76. The summed E-state index contributed by atoms with van der Waals surface area (Å²) in [6.07, 6.45) is 8.57. The summed E-state index contributed by atoms with van der Waals surface area (Å²) in [7, 11) is -4.65. The number of anilines is 6. The molecule has 5 N–H and O–H groups in total. The van der Waals surface area contributed by atoms with Gasteiger partial charge in [-0.3, -0.25) is 4.55 Å². The zero-order valence-electron chi connectivity index (χ0n) is 25.2. The molecule has 43 heavy (non-hydrogen) atoms. The molecule has 0 radical (unpaired) electrons. The van der Waals surface area contributed by atoms with Crippen LogP contribution in [0.25, 0.3) is 0 Å². The van der Waals surface area contributed by atoms with Crippen LogP contribution in [0.3, 0.4) is 0 Å². The molecule has 236 valence electrons. The Balaban J connectivity index is 1.96. The quantitative estimate of drug-likeness (QED) is 0.0741. The zero-order valence-corrected chi connectivity index (χ0v) is 27.5. The van der Waals surface area contributed by atoms with Crippen molar-refractivity contribution in [2.24, 2.45) is 0 Å². The molecular weight excluding hydrogens is 615 g/mol. The maximum atomic E-state index is 12.6. The predicted octanol–water partition coefficient (Wildman–Crippen LogP) is 7.01. The molecule has 3 rings (SSSR count). The summed E-state index contributed by atoms with van der Waals surface area (Å²) in [6.45, 7) is 10.5. The van der Waals surface area contributed by atoms with Gasteiger partial charge < -0.3 is 21.3 Å². The molecule has 0 atom stereocenters. The average Bonchev–Trinajstić information content (AvgIpc) is 2.92. The van der Waals surface area contributed by atoms with Crippen LogP contribution in [0.2, 0.25) is 10.6 Å². The lowest BCUT2D eigenvalue weighted by molar-refractivity contribution is 0.482. The highest BCUT2D eigenvalue weighted by molar-refractivity contribution is 7.86. The van der Waals surface area contributed by atoms with Gasteiger partial charge in [0.2, 0.25) is 34.4 Å². The summed E-state index contributed by atoms with van der Waals surface area (Å²) in [5.41, 5.74) is 1.78. The Morgan fingerprint density at radius 1 is 0.605 bits per heavy atom. The summed E-state index contributed by atoms with van der Waals surface area (Å²) < 4.78 is 35.3. The number of benzene rings is 1. The molecule has 0 spiro atoms. The van der Waals surface area contributed by atoms with Crippen LogP contribution in [-0.4, -0.2) is 56.0 Å². The van der Waals surface area contributed by atoms with Crippen molar-refractivity contribution in [3.05, 3.63) is 27.3 Å². The van der Waals surface area contributed by atoms with Crippen molar-refractivity contribution in [2.75, 3.05) is 34.4 Å². The average molecular weight is 656 g/mol. The first-order valence-corrected chi connectivity index (χ1v) is 16.6. The van der Waals surface area contributed by atoms with Crippen molar-refractivity contribution in [1.82, 2.24) is 29.9 Å². The van der Waals surface area contributed by atoms with Crippen molar-refractivity contribution in [2.45, 2.75) is 90.9 Å². The predicted molar refractivity (Wildman–Crippen MR) is 172 cm³/mol. The lowest BCUT2D eigenvalue weighted by Gasteiger charge is -2.22. The molecule has 2 aromatic heterocycles. The van der Waals surface area contributed by atoms with Crippen LogP contribution >= 0.6 is 23.2 Å². The minimum absolute atomic E-state index is 0.0427. The SMILES string of the molecule is CCCCCCNc1nc(Cl)nc(Nc2c(C)c(Nc3nc(Cl)nc(NCCCCCC)n3)c(C)c(S(=O)(=O)O)c2C)n1. The van der Waals surface area contributed by atoms with Gasteiger partial charge in [-0.1, -0.05) is 52.4 Å². The summed E-state index contributed by atoms with van der Waals surface area (Å²) in [4.78, 5) is 25.1. The van der Waals surface area contributed by atoms with Crippen LogP contribution in [0, 0.1) is 20.8 Å². The van der Waals surface area contributed by atoms with Gasteiger partial charge in [-0.05, 0) is 73.5 Å². The highest BCUT2D eigenvalue weighted by atomic mass is 35.5. The van der Waals surface area contributed by atoms with Crippen molar-refractivity contribution < 1.29 is 13.0 Å². The van der Waals surface area contributed by atoms with Gasteiger partial charge in [0.1, 0.15) is 4.90 Å². The fraction of sp³-hybridized carbons (Fsp3) is 0.556. The lowest BCUT2D eigenvalue weighted by Crippen LogP contribution is -2.14. The summed E-state index contributed by atoms with van der Waals surface area (Å²) in [5, 5.41) is 12.4. The highest BCUT2D eigenvalue weighted by Crippen LogP contribution is 2.39. The van der Waals surface area contributed by atoms with Gasteiger partial charge in [0.05, 0.1) is 11.4 Å². The van der Waals surface area contributed by atoms with E-state index in [0.29, 0.717) is 30.0 Å². The first kappa shape index (κ1) is 34.4. The molecule has 0 amide bonds. The minimum Gasteiger partial charge on any atom is -0.354 e. The van der Waals surface area contributed by atoms with Crippen LogP contribution in [0.5, 0.6) is 0 Å². The van der Waals surface area contributed by atoms with Gasteiger partial charge in [0, 0.05) is 13.1 Å². The van der Waals surface area contributed by atoms with Gasteiger partial charge in [-0.15, -0.1) is 0 Å². The molecule has 0 unspecified atom stereocenters. The molecule has 13 nitrogen and oxygen atoms in total. The molecule has 2 heterocycles. The largest absolute Gasteiger partial charge is 0.354 e. The second-order valence-electron chi connectivity index (χ2n) is 10.2. The standard InChI is InChI=1S/C27H40Cl2N10O3S/c1-6-8-10-12-14-30-24-34-22(28)36-26(38-24)32-19-16(3)20(18(5)21(17(19)4)43(40,41)42)33-27-37-23(29)35-25(39-27)31-15-13-11-9-7-2/h6-15H2,1-5H3,(H,40,41,42)(H2,30,32,34,36,38)(H2,31,33,35,37,39). The van der Waals surface area contributed by atoms with E-state index in [9.17, 15) is 13.0 Å². The van der Waals surface area contributed by atoms with Crippen LogP contribution in [-0.2, 0) is 10.1 Å². The first-order valence-electron chi connectivity index (χ1n) is 14.4. The number of aromatic nitrogens is 6. The van der Waals surface area contributed by atoms with Gasteiger partial charge in [0.15, 0.2) is 0 Å². The molecule has 1 aromatic carbocycles. The molecular formula is C27H40Cl2N10O3S. The van der Waals surface area contributed by atoms with Crippen LogP contribution in [0.4, 0.5) is 35.2 Å². The lowest BCUT2D eigenvalue weighted by atomic mass is 10.0. The summed E-state index contributed by atoms with van der Waals surface area (Å²) in [5.74, 6) is 0.751. The van der Waals surface area contributed by atoms with Gasteiger partial charge in [-0.2, -0.15) is 38.3 Å². The highest BCUT2D eigenvalue weighted by Gasteiger charge is 2.26.